The largest absolute Gasteiger partial charge is 0.427 e. The molecule has 1 saturated heterocycles. The molecule has 1 heterocycles. The topological polar surface area (TPSA) is 159 Å². The number of esters is 2. The Labute approximate surface area is 210 Å². The number of amides is 2. The van der Waals surface area contributed by atoms with E-state index in [0.29, 0.717) is 37.1 Å². The van der Waals surface area contributed by atoms with Gasteiger partial charge in [0.2, 0.25) is 12.7 Å². The summed E-state index contributed by atoms with van der Waals surface area (Å²) in [7, 11) is 0. The molecule has 0 aromatic heterocycles. The van der Waals surface area contributed by atoms with Crippen LogP contribution in [-0.4, -0.2) is 73.5 Å². The van der Waals surface area contributed by atoms with Crippen molar-refractivity contribution in [1.29, 1.82) is 0 Å². The first-order chi connectivity index (χ1) is 17.0. The molecular weight excluding hydrogens is 472 g/mol. The van der Waals surface area contributed by atoms with Crippen molar-refractivity contribution >= 4 is 30.0 Å². The average molecular weight is 507 g/mol. The van der Waals surface area contributed by atoms with Gasteiger partial charge in [0.25, 0.3) is 5.91 Å². The molecule has 0 bridgehead atoms. The normalized spacial score (nSPS) is 15.3. The number of ether oxygens (including phenoxy) is 3. The Bertz CT molecular complexity index is 934. The van der Waals surface area contributed by atoms with Crippen LogP contribution in [0.4, 0.5) is 0 Å². The number of hydrogen-bond acceptors (Lipinski definition) is 10. The van der Waals surface area contributed by atoms with Gasteiger partial charge in [-0.05, 0) is 58.2 Å². The number of nitrogens with zero attached hydrogens (tertiary/aromatic N) is 2. The van der Waals surface area contributed by atoms with E-state index in [4.69, 9.17) is 20.1 Å². The molecule has 0 saturated carbocycles. The predicted molar refractivity (Wildman–Crippen MR) is 128 cm³/mol. The minimum absolute atomic E-state index is 0.203. The molecule has 1 aromatic rings. The Morgan fingerprint density at radius 1 is 1.14 bits per heavy atom. The van der Waals surface area contributed by atoms with Gasteiger partial charge >= 0.3 is 11.9 Å². The van der Waals surface area contributed by atoms with E-state index in [1.165, 1.54) is 6.21 Å². The van der Waals surface area contributed by atoms with Crippen molar-refractivity contribution in [1.82, 2.24) is 10.2 Å². The van der Waals surface area contributed by atoms with Gasteiger partial charge in [0.1, 0.15) is 12.6 Å². The Hall–Kier alpha value is -3.51. The van der Waals surface area contributed by atoms with Crippen molar-refractivity contribution < 1.29 is 38.3 Å². The van der Waals surface area contributed by atoms with Crippen molar-refractivity contribution in [2.24, 2.45) is 16.5 Å². The summed E-state index contributed by atoms with van der Waals surface area (Å²) in [6.45, 7) is 6.84. The zero-order chi connectivity index (χ0) is 26.7. The van der Waals surface area contributed by atoms with Crippen LogP contribution < -0.4 is 11.2 Å². The number of benzene rings is 1. The summed E-state index contributed by atoms with van der Waals surface area (Å²) in [6, 6.07) is 5.83. The molecule has 2 rings (SSSR count). The first-order valence-electron chi connectivity index (χ1n) is 11.5. The van der Waals surface area contributed by atoms with Crippen LogP contribution in [-0.2, 0) is 33.5 Å². The summed E-state index contributed by atoms with van der Waals surface area (Å²) in [6.07, 6.45) is 2.26. The molecular formula is C24H34N4O8. The number of carbonyl (C=O) groups is 4. The second kappa shape index (κ2) is 13.5. The van der Waals surface area contributed by atoms with E-state index in [9.17, 15) is 19.2 Å². The van der Waals surface area contributed by atoms with E-state index in [-0.39, 0.29) is 24.5 Å². The van der Waals surface area contributed by atoms with Crippen LogP contribution in [0.3, 0.4) is 0 Å². The molecule has 0 unspecified atom stereocenters. The number of rotatable bonds is 10. The lowest BCUT2D eigenvalue weighted by molar-refractivity contribution is -0.177. The van der Waals surface area contributed by atoms with Crippen molar-refractivity contribution in [2.75, 3.05) is 26.5 Å². The molecule has 12 nitrogen and oxygen atoms in total. The summed E-state index contributed by atoms with van der Waals surface area (Å²) in [4.78, 5) is 54.5. The summed E-state index contributed by atoms with van der Waals surface area (Å²) in [5, 5.41) is 6.15. The molecule has 1 aromatic carbocycles. The van der Waals surface area contributed by atoms with E-state index in [1.807, 2.05) is 0 Å². The molecule has 1 aliphatic heterocycles. The highest BCUT2D eigenvalue weighted by molar-refractivity contribution is 5.98. The number of oxime groups is 1. The Morgan fingerprint density at radius 2 is 1.78 bits per heavy atom. The SMILES string of the molecule is C[C@H](NC(=O)c1ccc(C=NON)cc1)C(=O)N1CCC(OCC(=O)OCOC(=O)C(C)(C)C)CC1. The van der Waals surface area contributed by atoms with Crippen molar-refractivity contribution in [3.8, 4) is 0 Å². The third-order valence-electron chi connectivity index (χ3n) is 5.37. The van der Waals surface area contributed by atoms with Gasteiger partial charge in [-0.25, -0.2) is 4.79 Å². The highest BCUT2D eigenvalue weighted by Crippen LogP contribution is 2.16. The molecule has 1 aliphatic rings. The standard InChI is InChI=1S/C24H34N4O8/c1-16(27-21(30)18-7-5-17(6-8-18)13-26-36-25)22(31)28-11-9-19(10-12-28)33-14-20(29)34-15-35-23(32)24(2,3)4/h5-8,13,16,19H,9-12,14-15,25H2,1-4H3,(H,27,30)/t16-/m0/s1. The van der Waals surface area contributed by atoms with E-state index in [1.54, 1.807) is 56.9 Å². The first kappa shape index (κ1) is 28.7. The maximum atomic E-state index is 12.8. The number of carbonyl (C=O) groups excluding carboxylic acids is 4. The quantitative estimate of drug-likeness (QED) is 0.205. The van der Waals surface area contributed by atoms with E-state index in [2.05, 4.69) is 15.4 Å². The van der Waals surface area contributed by atoms with E-state index < -0.39 is 30.2 Å². The zero-order valence-electron chi connectivity index (χ0n) is 21.0. The van der Waals surface area contributed by atoms with Gasteiger partial charge in [0.15, 0.2) is 0 Å². The molecule has 1 fully saturated rings. The first-order valence-corrected chi connectivity index (χ1v) is 11.5. The highest BCUT2D eigenvalue weighted by Gasteiger charge is 2.28. The van der Waals surface area contributed by atoms with Gasteiger partial charge in [-0.2, -0.15) is 0 Å². The lowest BCUT2D eigenvalue weighted by atomic mass is 9.98. The fourth-order valence-corrected chi connectivity index (χ4v) is 3.26. The van der Waals surface area contributed by atoms with E-state index >= 15 is 0 Å². The molecule has 36 heavy (non-hydrogen) atoms. The summed E-state index contributed by atoms with van der Waals surface area (Å²) < 4.78 is 15.3. The number of piperidine rings is 1. The van der Waals surface area contributed by atoms with Crippen LogP contribution in [0.5, 0.6) is 0 Å². The second-order valence-corrected chi connectivity index (χ2v) is 9.31. The second-order valence-electron chi connectivity index (χ2n) is 9.31. The van der Waals surface area contributed by atoms with Gasteiger partial charge < -0.3 is 29.4 Å². The van der Waals surface area contributed by atoms with Gasteiger partial charge in [0, 0.05) is 18.7 Å². The van der Waals surface area contributed by atoms with Crippen molar-refractivity contribution in [2.45, 2.75) is 52.7 Å². The lowest BCUT2D eigenvalue weighted by Crippen LogP contribution is -2.50. The number of nitrogens with one attached hydrogen (secondary N) is 1. The molecule has 0 radical (unpaired) electrons. The monoisotopic (exact) mass is 506 g/mol. The van der Waals surface area contributed by atoms with Crippen molar-refractivity contribution in [3.63, 3.8) is 0 Å². The molecule has 0 aliphatic carbocycles. The third kappa shape index (κ3) is 9.27. The summed E-state index contributed by atoms with van der Waals surface area (Å²) in [5.41, 5.74) is 0.410. The number of hydrogen-bond donors (Lipinski definition) is 2. The smallest absolute Gasteiger partial charge is 0.334 e. The van der Waals surface area contributed by atoms with Gasteiger partial charge in [-0.15, -0.1) is 5.90 Å². The predicted octanol–water partition coefficient (Wildman–Crippen LogP) is 1.13. The van der Waals surface area contributed by atoms with Gasteiger partial charge in [-0.1, -0.05) is 17.3 Å². The fraction of sp³-hybridized carbons (Fsp3) is 0.542. The van der Waals surface area contributed by atoms with Crippen LogP contribution in [0.1, 0.15) is 56.5 Å². The zero-order valence-corrected chi connectivity index (χ0v) is 21.0. The van der Waals surface area contributed by atoms with Crippen LogP contribution in [0.25, 0.3) is 0 Å². The van der Waals surface area contributed by atoms with Crippen LogP contribution in [0, 0.1) is 5.41 Å². The van der Waals surface area contributed by atoms with Gasteiger partial charge in [0.05, 0.1) is 17.7 Å². The summed E-state index contributed by atoms with van der Waals surface area (Å²) in [5.74, 6) is 3.14. The molecule has 1 atom stereocenters. The van der Waals surface area contributed by atoms with Crippen LogP contribution >= 0.6 is 0 Å². The maximum absolute atomic E-state index is 12.8. The Kier molecular flexibility index (Phi) is 10.8. The van der Waals surface area contributed by atoms with Crippen LogP contribution in [0.2, 0.25) is 0 Å². The Morgan fingerprint density at radius 3 is 2.36 bits per heavy atom. The van der Waals surface area contributed by atoms with Gasteiger partial charge in [-0.3, -0.25) is 14.4 Å². The summed E-state index contributed by atoms with van der Waals surface area (Å²) >= 11 is 0. The van der Waals surface area contributed by atoms with Crippen LogP contribution in [0.15, 0.2) is 29.4 Å². The molecule has 0 spiro atoms. The highest BCUT2D eigenvalue weighted by atomic mass is 16.7. The Balaban J connectivity index is 1.69. The lowest BCUT2D eigenvalue weighted by Gasteiger charge is -2.33. The minimum Gasteiger partial charge on any atom is -0.427 e. The molecule has 198 valence electrons. The fourth-order valence-electron chi connectivity index (χ4n) is 3.26. The number of likely N-dealkylation sites (tertiary alicyclic amines) is 1. The molecule has 2 amide bonds. The maximum Gasteiger partial charge on any atom is 0.334 e. The molecule has 12 heteroatoms. The third-order valence-corrected chi connectivity index (χ3v) is 5.37. The molecule has 3 N–H and O–H groups in total. The minimum atomic E-state index is -0.715. The van der Waals surface area contributed by atoms with E-state index in [0.717, 1.165) is 0 Å². The average Bonchev–Trinajstić information content (AvgIpc) is 2.85. The van der Waals surface area contributed by atoms with Crippen molar-refractivity contribution in [3.05, 3.63) is 35.4 Å². The number of nitrogens with two attached hydrogens (primary N) is 1.